The molecule has 156 valence electrons. The average molecular weight is 545 g/mol. The van der Waals surface area contributed by atoms with Gasteiger partial charge >= 0.3 is 5.97 Å². The van der Waals surface area contributed by atoms with Crippen LogP contribution in [0.5, 0.6) is 0 Å². The van der Waals surface area contributed by atoms with Gasteiger partial charge < -0.3 is 10.1 Å². The first-order valence-corrected chi connectivity index (χ1v) is 11.3. The minimum atomic E-state index is -4.03. The minimum absolute atomic E-state index is 0.0134. The molecule has 1 amide bonds. The van der Waals surface area contributed by atoms with Crippen LogP contribution in [0.15, 0.2) is 45.8 Å². The Labute approximate surface area is 190 Å². The summed E-state index contributed by atoms with van der Waals surface area (Å²) in [5.41, 5.74) is 0.634. The molecule has 0 unspecified atom stereocenters. The molecule has 12 heteroatoms. The van der Waals surface area contributed by atoms with E-state index in [9.17, 15) is 18.0 Å². The molecule has 7 nitrogen and oxygen atoms in total. The highest BCUT2D eigenvalue weighted by molar-refractivity contribution is 9.10. The number of carbonyl (C=O) groups excluding carboxylic acids is 2. The maximum Gasteiger partial charge on any atom is 0.321 e. The van der Waals surface area contributed by atoms with E-state index in [-0.39, 0.29) is 16.5 Å². The van der Waals surface area contributed by atoms with Crippen molar-refractivity contribution in [3.05, 3.63) is 61.5 Å². The first-order valence-electron chi connectivity index (χ1n) is 7.89. The lowest BCUT2D eigenvalue weighted by Crippen LogP contribution is -2.34. The first kappa shape index (κ1) is 23.9. The molecule has 0 saturated carbocycles. The Morgan fingerprint density at radius 1 is 1.03 bits per heavy atom. The number of ether oxygens (including phenoxy) is 1. The highest BCUT2D eigenvalue weighted by Gasteiger charge is 2.20. The van der Waals surface area contributed by atoms with Crippen LogP contribution in [0.25, 0.3) is 0 Å². The fraction of sp³-hybridized carbons (Fsp3) is 0.176. The van der Waals surface area contributed by atoms with E-state index in [0.29, 0.717) is 20.1 Å². The topological polar surface area (TPSA) is 102 Å². The van der Waals surface area contributed by atoms with Gasteiger partial charge in [-0.15, -0.1) is 0 Å². The van der Waals surface area contributed by atoms with E-state index in [1.165, 1.54) is 24.3 Å². The lowest BCUT2D eigenvalue weighted by atomic mass is 10.2. The van der Waals surface area contributed by atoms with Crippen LogP contribution in [0, 0.1) is 0 Å². The van der Waals surface area contributed by atoms with Crippen LogP contribution >= 0.6 is 50.7 Å². The number of benzene rings is 2. The van der Waals surface area contributed by atoms with Gasteiger partial charge in [0.1, 0.15) is 11.4 Å². The summed E-state index contributed by atoms with van der Waals surface area (Å²) >= 11 is 20.9. The molecule has 0 aliphatic rings. The van der Waals surface area contributed by atoms with E-state index in [0.717, 1.165) is 0 Å². The van der Waals surface area contributed by atoms with Crippen molar-refractivity contribution in [3.8, 4) is 0 Å². The molecule has 0 aliphatic carbocycles. The van der Waals surface area contributed by atoms with Crippen LogP contribution in [0.1, 0.15) is 5.56 Å². The molecule has 0 aliphatic heterocycles. The molecule has 0 aromatic heterocycles. The van der Waals surface area contributed by atoms with Crippen molar-refractivity contribution >= 4 is 72.6 Å². The lowest BCUT2D eigenvalue weighted by molar-refractivity contribution is -0.147. The zero-order chi connectivity index (χ0) is 21.6. The van der Waals surface area contributed by atoms with Gasteiger partial charge in [-0.2, -0.15) is 4.72 Å². The van der Waals surface area contributed by atoms with Crippen LogP contribution < -0.4 is 10.0 Å². The van der Waals surface area contributed by atoms with E-state index >= 15 is 0 Å². The monoisotopic (exact) mass is 542 g/mol. The van der Waals surface area contributed by atoms with Crippen molar-refractivity contribution in [2.45, 2.75) is 11.4 Å². The Hall–Kier alpha value is -1.36. The molecule has 2 aromatic rings. The summed E-state index contributed by atoms with van der Waals surface area (Å²) < 4.78 is 31.8. The Morgan fingerprint density at radius 2 is 1.76 bits per heavy atom. The Kier molecular flexibility index (Phi) is 8.74. The third-order valence-corrected chi connectivity index (χ3v) is 6.41. The second-order valence-electron chi connectivity index (χ2n) is 5.57. The summed E-state index contributed by atoms with van der Waals surface area (Å²) in [4.78, 5) is 23.3. The third-order valence-electron chi connectivity index (χ3n) is 3.45. The molecule has 2 aromatic carbocycles. The molecule has 2 rings (SSSR count). The summed E-state index contributed by atoms with van der Waals surface area (Å²) in [5.74, 6) is -1.51. The van der Waals surface area contributed by atoms with Gasteiger partial charge in [0, 0.05) is 21.1 Å². The molecule has 0 fully saturated rings. The molecule has 0 heterocycles. The van der Waals surface area contributed by atoms with Crippen molar-refractivity contribution in [1.29, 1.82) is 0 Å². The number of nitrogens with one attached hydrogen (secondary N) is 2. The van der Waals surface area contributed by atoms with Gasteiger partial charge in [-0.25, -0.2) is 8.42 Å². The van der Waals surface area contributed by atoms with E-state index in [1.807, 2.05) is 0 Å². The molecule has 0 spiro atoms. The molecule has 0 saturated heterocycles. The predicted molar refractivity (Wildman–Crippen MR) is 114 cm³/mol. The molecule has 2 N–H and O–H groups in total. The molecule has 0 atom stereocenters. The fourth-order valence-corrected chi connectivity index (χ4v) is 4.51. The summed E-state index contributed by atoms with van der Waals surface area (Å²) in [6, 6.07) is 9.00. The number of amides is 1. The van der Waals surface area contributed by atoms with E-state index in [1.54, 1.807) is 12.1 Å². The van der Waals surface area contributed by atoms with Gasteiger partial charge in [-0.05, 0) is 35.9 Å². The Bertz CT molecular complexity index is 1030. The van der Waals surface area contributed by atoms with Crippen LogP contribution in [0.3, 0.4) is 0 Å². The summed E-state index contributed by atoms with van der Waals surface area (Å²) in [5, 5.41) is 3.36. The van der Waals surface area contributed by atoms with Crippen LogP contribution in [0.2, 0.25) is 15.1 Å². The molecular weight excluding hydrogens is 531 g/mol. The van der Waals surface area contributed by atoms with Gasteiger partial charge in [0.2, 0.25) is 10.0 Å². The van der Waals surface area contributed by atoms with Gasteiger partial charge in [-0.1, -0.05) is 56.8 Å². The van der Waals surface area contributed by atoms with Crippen LogP contribution in [0.4, 0.5) is 0 Å². The highest BCUT2D eigenvalue weighted by Crippen LogP contribution is 2.25. The second kappa shape index (κ2) is 10.6. The number of halogens is 4. The van der Waals surface area contributed by atoms with Crippen molar-refractivity contribution in [3.63, 3.8) is 0 Å². The first-order chi connectivity index (χ1) is 13.6. The number of rotatable bonds is 8. The maximum absolute atomic E-state index is 12.2. The lowest BCUT2D eigenvalue weighted by Gasteiger charge is -2.10. The number of carbonyl (C=O) groups is 2. The van der Waals surface area contributed by atoms with E-state index in [4.69, 9.17) is 39.5 Å². The largest absolute Gasteiger partial charge is 0.455 e. The zero-order valence-electron chi connectivity index (χ0n) is 14.5. The molecular formula is C17H14BrCl3N2O5S. The Balaban J connectivity index is 1.79. The summed E-state index contributed by atoms with van der Waals surface area (Å²) in [6.07, 6.45) is 0. The summed E-state index contributed by atoms with van der Waals surface area (Å²) in [7, 11) is -4.03. The van der Waals surface area contributed by atoms with E-state index < -0.39 is 35.1 Å². The number of sulfonamides is 1. The maximum atomic E-state index is 12.2. The fourth-order valence-electron chi connectivity index (χ4n) is 2.03. The van der Waals surface area contributed by atoms with Gasteiger partial charge in [0.25, 0.3) is 5.91 Å². The van der Waals surface area contributed by atoms with Gasteiger partial charge in [0.15, 0.2) is 6.61 Å². The van der Waals surface area contributed by atoms with Crippen LogP contribution in [-0.2, 0) is 30.9 Å². The number of esters is 1. The Morgan fingerprint density at radius 3 is 2.41 bits per heavy atom. The smallest absolute Gasteiger partial charge is 0.321 e. The molecule has 29 heavy (non-hydrogen) atoms. The van der Waals surface area contributed by atoms with Crippen molar-refractivity contribution in [1.82, 2.24) is 10.0 Å². The van der Waals surface area contributed by atoms with E-state index in [2.05, 4.69) is 26.0 Å². The molecule has 0 bridgehead atoms. The summed E-state index contributed by atoms with van der Waals surface area (Å²) in [6.45, 7) is -1.13. The second-order valence-corrected chi connectivity index (χ2v) is 9.47. The van der Waals surface area contributed by atoms with Crippen molar-refractivity contribution in [2.75, 3.05) is 13.2 Å². The SMILES string of the molecule is O=C(COC(=O)CNS(=O)(=O)c1ccc(Br)cc1Cl)NCc1ccc(Cl)cc1Cl. The minimum Gasteiger partial charge on any atom is -0.455 e. The van der Waals surface area contributed by atoms with Gasteiger partial charge in [0.05, 0.1) is 5.02 Å². The predicted octanol–water partition coefficient (Wildman–Crippen LogP) is 3.55. The third kappa shape index (κ3) is 7.44. The number of hydrogen-bond acceptors (Lipinski definition) is 5. The van der Waals surface area contributed by atoms with Crippen molar-refractivity contribution in [2.24, 2.45) is 0 Å². The highest BCUT2D eigenvalue weighted by atomic mass is 79.9. The standard InChI is InChI=1S/C17H14BrCl3N2O5S/c18-11-2-4-15(14(21)5-11)29(26,27)23-8-17(25)28-9-16(24)22-7-10-1-3-12(19)6-13(10)20/h1-6,23H,7-9H2,(H,22,24). The quantitative estimate of drug-likeness (QED) is 0.495. The van der Waals surface area contributed by atoms with Gasteiger partial charge in [-0.3, -0.25) is 9.59 Å². The average Bonchev–Trinajstić information content (AvgIpc) is 2.63. The number of hydrogen-bond donors (Lipinski definition) is 2. The normalized spacial score (nSPS) is 11.2. The van der Waals surface area contributed by atoms with Crippen LogP contribution in [-0.4, -0.2) is 33.4 Å². The zero-order valence-corrected chi connectivity index (χ0v) is 19.2. The van der Waals surface area contributed by atoms with Crippen molar-refractivity contribution < 1.29 is 22.7 Å². The molecule has 0 radical (unpaired) electrons.